The smallest absolute Gasteiger partial charge is 0.267 e. The Balaban J connectivity index is 1.90. The third-order valence-electron chi connectivity index (χ3n) is 3.78. The number of hydrogen-bond donors (Lipinski definition) is 0. The monoisotopic (exact) mass is 350 g/mol. The maximum atomic E-state index is 12.8. The average Bonchev–Trinajstić information content (AvgIpc) is 3.22. The zero-order valence-electron chi connectivity index (χ0n) is 13.2. The lowest BCUT2D eigenvalue weighted by atomic mass is 10.1. The number of hydrogen-bond acceptors (Lipinski definition) is 6. The van der Waals surface area contributed by atoms with E-state index in [2.05, 4.69) is 4.98 Å². The molecule has 1 unspecified atom stereocenters. The molecule has 5 nitrogen and oxygen atoms in total. The molecule has 1 aromatic heterocycles. The van der Waals surface area contributed by atoms with Gasteiger partial charge in [0.05, 0.1) is 25.4 Å². The SMILES string of the molecule is COc1ccc(C2SCCN2C(=O)c2scnc2C)cc1OC. The van der Waals surface area contributed by atoms with E-state index in [1.54, 1.807) is 31.5 Å². The van der Waals surface area contributed by atoms with Crippen LogP contribution in [0, 0.1) is 6.92 Å². The highest BCUT2D eigenvalue weighted by atomic mass is 32.2. The summed E-state index contributed by atoms with van der Waals surface area (Å²) in [5.74, 6) is 2.34. The zero-order valence-corrected chi connectivity index (χ0v) is 14.9. The molecule has 1 amide bonds. The minimum atomic E-state index is -0.0104. The Bertz CT molecular complexity index is 717. The number of aryl methyl sites for hydroxylation is 1. The summed E-state index contributed by atoms with van der Waals surface area (Å²) in [5, 5.41) is -0.0104. The number of carbonyl (C=O) groups excluding carboxylic acids is 1. The van der Waals surface area contributed by atoms with Gasteiger partial charge in [-0.2, -0.15) is 0 Å². The maximum Gasteiger partial charge on any atom is 0.267 e. The van der Waals surface area contributed by atoms with Crippen molar-refractivity contribution >= 4 is 29.0 Å². The van der Waals surface area contributed by atoms with Gasteiger partial charge in [-0.15, -0.1) is 23.1 Å². The number of aromatic nitrogens is 1. The van der Waals surface area contributed by atoms with Gasteiger partial charge in [-0.25, -0.2) is 4.98 Å². The van der Waals surface area contributed by atoms with Gasteiger partial charge in [0, 0.05) is 12.3 Å². The highest BCUT2D eigenvalue weighted by molar-refractivity contribution is 7.99. The fourth-order valence-electron chi connectivity index (χ4n) is 2.60. The quantitative estimate of drug-likeness (QED) is 0.846. The predicted octanol–water partition coefficient (Wildman–Crippen LogP) is 3.36. The molecule has 7 heteroatoms. The number of carbonyl (C=O) groups is 1. The van der Waals surface area contributed by atoms with Gasteiger partial charge in [0.2, 0.25) is 0 Å². The Kier molecular flexibility index (Phi) is 4.77. The van der Waals surface area contributed by atoms with Gasteiger partial charge in [0.15, 0.2) is 11.5 Å². The number of rotatable bonds is 4. The van der Waals surface area contributed by atoms with Crippen LogP contribution in [-0.4, -0.2) is 42.3 Å². The van der Waals surface area contributed by atoms with Gasteiger partial charge in [0.25, 0.3) is 5.91 Å². The third-order valence-corrected chi connectivity index (χ3v) is 5.96. The van der Waals surface area contributed by atoms with Gasteiger partial charge in [-0.05, 0) is 24.6 Å². The van der Waals surface area contributed by atoms with Crippen LogP contribution in [0.25, 0.3) is 0 Å². The summed E-state index contributed by atoms with van der Waals surface area (Å²) in [6.07, 6.45) is 0. The molecule has 0 bridgehead atoms. The molecule has 0 radical (unpaired) electrons. The van der Waals surface area contributed by atoms with Crippen LogP contribution in [0.5, 0.6) is 11.5 Å². The molecule has 1 atom stereocenters. The first-order chi connectivity index (χ1) is 11.2. The van der Waals surface area contributed by atoms with Crippen LogP contribution in [0.2, 0.25) is 0 Å². The molecule has 23 heavy (non-hydrogen) atoms. The van der Waals surface area contributed by atoms with E-state index in [4.69, 9.17) is 9.47 Å². The standard InChI is InChI=1S/C16H18N2O3S2/c1-10-14(23-9-17-10)15(19)18-6-7-22-16(18)11-4-5-12(20-2)13(8-11)21-3/h4-5,8-9,16H,6-7H2,1-3H3. The summed E-state index contributed by atoms with van der Waals surface area (Å²) in [6, 6.07) is 5.82. The van der Waals surface area contributed by atoms with Crippen molar-refractivity contribution in [2.24, 2.45) is 0 Å². The number of thioether (sulfide) groups is 1. The number of nitrogens with zero attached hydrogens (tertiary/aromatic N) is 2. The van der Waals surface area contributed by atoms with Crippen molar-refractivity contribution in [2.45, 2.75) is 12.3 Å². The first-order valence-corrected chi connectivity index (χ1v) is 9.13. The number of ether oxygens (including phenoxy) is 2. The van der Waals surface area contributed by atoms with Crippen molar-refractivity contribution in [3.63, 3.8) is 0 Å². The molecule has 0 aliphatic carbocycles. The van der Waals surface area contributed by atoms with E-state index in [1.165, 1.54) is 11.3 Å². The lowest BCUT2D eigenvalue weighted by Gasteiger charge is -2.24. The molecule has 3 rings (SSSR count). The summed E-state index contributed by atoms with van der Waals surface area (Å²) in [4.78, 5) is 19.6. The van der Waals surface area contributed by atoms with Crippen molar-refractivity contribution in [2.75, 3.05) is 26.5 Å². The summed E-state index contributed by atoms with van der Waals surface area (Å²) in [5.41, 5.74) is 3.56. The molecule has 122 valence electrons. The molecule has 2 aromatic rings. The van der Waals surface area contributed by atoms with Crippen molar-refractivity contribution in [1.29, 1.82) is 0 Å². The molecule has 0 saturated carbocycles. The molecule has 1 aromatic carbocycles. The minimum Gasteiger partial charge on any atom is -0.493 e. The van der Waals surface area contributed by atoms with Gasteiger partial charge < -0.3 is 14.4 Å². The van der Waals surface area contributed by atoms with Crippen LogP contribution in [0.15, 0.2) is 23.7 Å². The average molecular weight is 350 g/mol. The van der Waals surface area contributed by atoms with Crippen LogP contribution in [0.1, 0.15) is 26.3 Å². The summed E-state index contributed by atoms with van der Waals surface area (Å²) >= 11 is 3.16. The molecule has 1 aliphatic heterocycles. The Hall–Kier alpha value is -1.73. The fraction of sp³-hybridized carbons (Fsp3) is 0.375. The fourth-order valence-corrected chi connectivity index (χ4v) is 4.60. The first-order valence-electron chi connectivity index (χ1n) is 7.20. The Morgan fingerprint density at radius 3 is 2.74 bits per heavy atom. The van der Waals surface area contributed by atoms with E-state index in [-0.39, 0.29) is 11.3 Å². The molecule has 1 saturated heterocycles. The summed E-state index contributed by atoms with van der Waals surface area (Å²) in [7, 11) is 3.23. The van der Waals surface area contributed by atoms with E-state index in [9.17, 15) is 4.79 Å². The van der Waals surface area contributed by atoms with Crippen LogP contribution in [0.3, 0.4) is 0 Å². The number of benzene rings is 1. The van der Waals surface area contributed by atoms with Crippen molar-refractivity contribution in [3.8, 4) is 11.5 Å². The van der Waals surface area contributed by atoms with E-state index in [0.29, 0.717) is 11.5 Å². The normalized spacial score (nSPS) is 17.3. The van der Waals surface area contributed by atoms with Crippen molar-refractivity contribution in [3.05, 3.63) is 39.8 Å². The number of thiazole rings is 1. The second kappa shape index (κ2) is 6.80. The Morgan fingerprint density at radius 2 is 2.09 bits per heavy atom. The molecule has 0 spiro atoms. The van der Waals surface area contributed by atoms with Crippen LogP contribution >= 0.6 is 23.1 Å². The highest BCUT2D eigenvalue weighted by Gasteiger charge is 2.33. The second-order valence-corrected chi connectivity index (χ2v) is 7.15. The van der Waals surface area contributed by atoms with Crippen molar-refractivity contribution in [1.82, 2.24) is 9.88 Å². The molecule has 2 heterocycles. The van der Waals surface area contributed by atoms with Gasteiger partial charge in [-0.1, -0.05) is 6.07 Å². The molecular weight excluding hydrogens is 332 g/mol. The lowest BCUT2D eigenvalue weighted by Crippen LogP contribution is -2.30. The number of amides is 1. The van der Waals surface area contributed by atoms with Crippen LogP contribution in [0.4, 0.5) is 0 Å². The zero-order chi connectivity index (χ0) is 16.4. The summed E-state index contributed by atoms with van der Waals surface area (Å²) in [6.45, 7) is 2.61. The van der Waals surface area contributed by atoms with Crippen LogP contribution < -0.4 is 9.47 Å². The minimum absolute atomic E-state index is 0.0104. The Labute approximate surface area is 143 Å². The van der Waals surface area contributed by atoms with Gasteiger partial charge in [0.1, 0.15) is 10.3 Å². The van der Waals surface area contributed by atoms with E-state index in [0.717, 1.165) is 28.4 Å². The highest BCUT2D eigenvalue weighted by Crippen LogP contribution is 2.42. The largest absolute Gasteiger partial charge is 0.493 e. The molecule has 1 aliphatic rings. The van der Waals surface area contributed by atoms with Crippen LogP contribution in [-0.2, 0) is 0 Å². The molecule has 1 fully saturated rings. The van der Waals surface area contributed by atoms with Gasteiger partial charge in [-0.3, -0.25) is 4.79 Å². The first kappa shape index (κ1) is 16.1. The topological polar surface area (TPSA) is 51.7 Å². The maximum absolute atomic E-state index is 12.8. The summed E-state index contributed by atoms with van der Waals surface area (Å²) < 4.78 is 10.7. The second-order valence-electron chi connectivity index (χ2n) is 5.10. The third kappa shape index (κ3) is 3.03. The van der Waals surface area contributed by atoms with Crippen molar-refractivity contribution < 1.29 is 14.3 Å². The Morgan fingerprint density at radius 1 is 1.30 bits per heavy atom. The van der Waals surface area contributed by atoms with E-state index in [1.807, 2.05) is 30.0 Å². The lowest BCUT2D eigenvalue weighted by molar-refractivity contribution is 0.0764. The molecular formula is C16H18N2O3S2. The van der Waals surface area contributed by atoms with Gasteiger partial charge >= 0.3 is 0 Å². The molecule has 0 N–H and O–H groups in total. The van der Waals surface area contributed by atoms with E-state index < -0.39 is 0 Å². The number of methoxy groups -OCH3 is 2. The van der Waals surface area contributed by atoms with E-state index >= 15 is 0 Å². The predicted molar refractivity (Wildman–Crippen MR) is 92.6 cm³/mol.